The third-order valence-electron chi connectivity index (χ3n) is 4.00. The van der Waals surface area contributed by atoms with E-state index in [0.717, 1.165) is 44.2 Å². The van der Waals surface area contributed by atoms with E-state index in [4.69, 9.17) is 14.7 Å². The topological polar surface area (TPSA) is 48.7 Å². The summed E-state index contributed by atoms with van der Waals surface area (Å²) in [6.07, 6.45) is 0. The van der Waals surface area contributed by atoms with Crippen LogP contribution in [0.2, 0.25) is 0 Å². The molecule has 1 aromatic rings. The Hall–Kier alpha value is -1.77. The van der Waals surface area contributed by atoms with Crippen LogP contribution in [0.1, 0.15) is 12.5 Å². The van der Waals surface area contributed by atoms with Crippen molar-refractivity contribution in [3.63, 3.8) is 0 Å². The largest absolute Gasteiger partial charge is 0.493 e. The van der Waals surface area contributed by atoms with E-state index in [1.54, 1.807) is 14.2 Å². The maximum Gasteiger partial charge on any atom is 0.161 e. The molecule has 0 unspecified atom stereocenters. The molecule has 114 valence electrons. The predicted octanol–water partition coefficient (Wildman–Crippen LogP) is 1.73. The van der Waals surface area contributed by atoms with Gasteiger partial charge in [-0.3, -0.25) is 9.80 Å². The standard InChI is InChI=1S/C16H23N3O2/c1-13(11-17)19-8-6-18(7-9-19)12-14-4-5-15(20-2)16(10-14)21-3/h4-5,10,13H,6-9,12H2,1-3H3/t13-/m0/s1. The maximum absolute atomic E-state index is 8.96. The molecule has 0 N–H and O–H groups in total. The SMILES string of the molecule is COc1ccc(CN2CCN([C@@H](C)C#N)CC2)cc1OC. The second-order valence-corrected chi connectivity index (χ2v) is 5.31. The Morgan fingerprint density at radius 3 is 2.38 bits per heavy atom. The molecule has 0 aromatic heterocycles. The highest BCUT2D eigenvalue weighted by Gasteiger charge is 2.20. The minimum atomic E-state index is 0.00762. The van der Waals surface area contributed by atoms with Gasteiger partial charge in [0, 0.05) is 32.7 Å². The van der Waals surface area contributed by atoms with E-state index < -0.39 is 0 Å². The zero-order valence-electron chi connectivity index (χ0n) is 13.0. The first-order chi connectivity index (χ1) is 10.2. The van der Waals surface area contributed by atoms with E-state index in [1.165, 1.54) is 5.56 Å². The molecule has 0 aliphatic carbocycles. The highest BCUT2D eigenvalue weighted by atomic mass is 16.5. The van der Waals surface area contributed by atoms with Gasteiger partial charge >= 0.3 is 0 Å². The zero-order chi connectivity index (χ0) is 15.2. The highest BCUT2D eigenvalue weighted by molar-refractivity contribution is 5.42. The Morgan fingerprint density at radius 1 is 1.14 bits per heavy atom. The fourth-order valence-corrected chi connectivity index (χ4v) is 2.63. The molecule has 5 nitrogen and oxygen atoms in total. The Labute approximate surface area is 126 Å². The summed E-state index contributed by atoms with van der Waals surface area (Å²) in [5.41, 5.74) is 1.22. The molecule has 1 aromatic carbocycles. The van der Waals surface area contributed by atoms with Gasteiger partial charge < -0.3 is 9.47 Å². The van der Waals surface area contributed by atoms with Gasteiger partial charge in [0.2, 0.25) is 0 Å². The van der Waals surface area contributed by atoms with E-state index in [1.807, 2.05) is 19.1 Å². The van der Waals surface area contributed by atoms with Gasteiger partial charge in [-0.2, -0.15) is 5.26 Å². The molecule has 1 aliphatic heterocycles. The van der Waals surface area contributed by atoms with Crippen LogP contribution in [-0.2, 0) is 6.54 Å². The maximum atomic E-state index is 8.96. The van der Waals surface area contributed by atoms with E-state index in [0.29, 0.717) is 0 Å². The molecule has 0 saturated carbocycles. The normalized spacial score (nSPS) is 18.0. The second kappa shape index (κ2) is 7.30. The van der Waals surface area contributed by atoms with Crippen LogP contribution >= 0.6 is 0 Å². The summed E-state index contributed by atoms with van der Waals surface area (Å²) in [6.45, 7) is 6.73. The van der Waals surface area contributed by atoms with Gasteiger partial charge in [-0.25, -0.2) is 0 Å². The van der Waals surface area contributed by atoms with Gasteiger partial charge in [-0.1, -0.05) is 6.07 Å². The van der Waals surface area contributed by atoms with Gasteiger partial charge in [0.05, 0.1) is 26.3 Å². The van der Waals surface area contributed by atoms with Crippen molar-refractivity contribution in [3.8, 4) is 17.6 Å². The van der Waals surface area contributed by atoms with Crippen molar-refractivity contribution < 1.29 is 9.47 Å². The van der Waals surface area contributed by atoms with Crippen LogP contribution < -0.4 is 9.47 Å². The average Bonchev–Trinajstić information content (AvgIpc) is 2.54. The molecule has 1 fully saturated rings. The van der Waals surface area contributed by atoms with Crippen LogP contribution in [-0.4, -0.2) is 56.2 Å². The van der Waals surface area contributed by atoms with Crippen molar-refractivity contribution in [2.75, 3.05) is 40.4 Å². The number of methoxy groups -OCH3 is 2. The van der Waals surface area contributed by atoms with E-state index in [-0.39, 0.29) is 6.04 Å². The fraction of sp³-hybridized carbons (Fsp3) is 0.562. The first-order valence-corrected chi connectivity index (χ1v) is 7.25. The minimum Gasteiger partial charge on any atom is -0.493 e. The first-order valence-electron chi connectivity index (χ1n) is 7.25. The Kier molecular flexibility index (Phi) is 5.43. The van der Waals surface area contributed by atoms with Crippen molar-refractivity contribution in [2.24, 2.45) is 0 Å². The van der Waals surface area contributed by atoms with Gasteiger partial charge in [0.25, 0.3) is 0 Å². The summed E-state index contributed by atoms with van der Waals surface area (Å²) in [5.74, 6) is 1.53. The molecule has 5 heteroatoms. The summed E-state index contributed by atoms with van der Waals surface area (Å²) in [4.78, 5) is 4.63. The lowest BCUT2D eigenvalue weighted by Gasteiger charge is -2.35. The number of benzene rings is 1. The van der Waals surface area contributed by atoms with E-state index in [9.17, 15) is 0 Å². The number of rotatable bonds is 5. The van der Waals surface area contributed by atoms with Crippen molar-refractivity contribution in [1.29, 1.82) is 5.26 Å². The molecule has 0 amide bonds. The highest BCUT2D eigenvalue weighted by Crippen LogP contribution is 2.28. The number of piperazine rings is 1. The Morgan fingerprint density at radius 2 is 1.81 bits per heavy atom. The smallest absolute Gasteiger partial charge is 0.161 e. The summed E-state index contributed by atoms with van der Waals surface area (Å²) in [7, 11) is 3.30. The molecule has 21 heavy (non-hydrogen) atoms. The lowest BCUT2D eigenvalue weighted by Crippen LogP contribution is -2.48. The van der Waals surface area contributed by atoms with Crippen LogP contribution in [0.3, 0.4) is 0 Å². The molecule has 1 heterocycles. The number of hydrogen-bond acceptors (Lipinski definition) is 5. The molecule has 0 spiro atoms. The van der Waals surface area contributed by atoms with Crippen LogP contribution in [0.15, 0.2) is 18.2 Å². The Bertz CT molecular complexity index is 505. The number of nitriles is 1. The fourth-order valence-electron chi connectivity index (χ4n) is 2.63. The molecule has 1 atom stereocenters. The third-order valence-corrected chi connectivity index (χ3v) is 4.00. The van der Waals surface area contributed by atoms with E-state index in [2.05, 4.69) is 21.9 Å². The van der Waals surface area contributed by atoms with Gasteiger partial charge in [-0.05, 0) is 24.6 Å². The molecule has 2 rings (SSSR count). The Balaban J connectivity index is 1.93. The average molecular weight is 289 g/mol. The summed E-state index contributed by atoms with van der Waals surface area (Å²) in [5, 5.41) is 8.96. The molecular weight excluding hydrogens is 266 g/mol. The van der Waals surface area contributed by atoms with Crippen LogP contribution in [0.4, 0.5) is 0 Å². The van der Waals surface area contributed by atoms with E-state index >= 15 is 0 Å². The van der Waals surface area contributed by atoms with Gasteiger partial charge in [-0.15, -0.1) is 0 Å². The van der Waals surface area contributed by atoms with Crippen molar-refractivity contribution in [2.45, 2.75) is 19.5 Å². The van der Waals surface area contributed by atoms with Crippen molar-refractivity contribution in [1.82, 2.24) is 9.80 Å². The molecule has 0 bridgehead atoms. The molecule has 1 saturated heterocycles. The van der Waals surface area contributed by atoms with Gasteiger partial charge in [0.1, 0.15) is 0 Å². The lowest BCUT2D eigenvalue weighted by molar-refractivity contribution is 0.114. The third kappa shape index (κ3) is 3.87. The molecule has 1 aliphatic rings. The quantitative estimate of drug-likeness (QED) is 0.826. The molecular formula is C16H23N3O2. The lowest BCUT2D eigenvalue weighted by atomic mass is 10.1. The minimum absolute atomic E-state index is 0.00762. The number of hydrogen-bond donors (Lipinski definition) is 0. The summed E-state index contributed by atoms with van der Waals surface area (Å²) in [6, 6.07) is 8.36. The first kappa shape index (κ1) is 15.6. The monoisotopic (exact) mass is 289 g/mol. The summed E-state index contributed by atoms with van der Waals surface area (Å²) >= 11 is 0. The van der Waals surface area contributed by atoms with Crippen molar-refractivity contribution >= 4 is 0 Å². The number of nitrogens with zero attached hydrogens (tertiary/aromatic N) is 3. The number of ether oxygens (including phenoxy) is 2. The predicted molar refractivity (Wildman–Crippen MR) is 81.5 cm³/mol. The zero-order valence-corrected chi connectivity index (χ0v) is 13.0. The van der Waals surface area contributed by atoms with Crippen LogP contribution in [0.5, 0.6) is 11.5 Å². The van der Waals surface area contributed by atoms with Crippen LogP contribution in [0.25, 0.3) is 0 Å². The molecule has 0 radical (unpaired) electrons. The van der Waals surface area contributed by atoms with Crippen LogP contribution in [0, 0.1) is 11.3 Å². The van der Waals surface area contributed by atoms with Gasteiger partial charge in [0.15, 0.2) is 11.5 Å². The second-order valence-electron chi connectivity index (χ2n) is 5.31. The summed E-state index contributed by atoms with van der Waals surface area (Å²) < 4.78 is 10.6. The van der Waals surface area contributed by atoms with Crippen molar-refractivity contribution in [3.05, 3.63) is 23.8 Å².